The molecule has 0 aliphatic heterocycles. The van der Waals surface area contributed by atoms with Crippen molar-refractivity contribution in [1.82, 2.24) is 4.37 Å². The molecule has 0 unspecified atom stereocenters. The molecule has 60 valence electrons. The van der Waals surface area contributed by atoms with Crippen LogP contribution >= 0.6 is 23.8 Å². The van der Waals surface area contributed by atoms with Crippen molar-refractivity contribution in [2.24, 2.45) is 0 Å². The van der Waals surface area contributed by atoms with Crippen molar-refractivity contribution < 1.29 is 4.74 Å². The summed E-state index contributed by atoms with van der Waals surface area (Å²) >= 11 is 6.31. The topological polar surface area (TPSA) is 22.1 Å². The number of thiocarbonyl (C=S) groups is 1. The Balaban J connectivity index is 2.37. The molecule has 0 saturated heterocycles. The highest BCUT2D eigenvalue weighted by atomic mass is 32.1. The number of aromatic nitrogens is 1. The molecule has 0 radical (unpaired) electrons. The van der Waals surface area contributed by atoms with E-state index >= 15 is 0 Å². The molecule has 11 heavy (non-hydrogen) atoms. The Morgan fingerprint density at radius 1 is 1.82 bits per heavy atom. The van der Waals surface area contributed by atoms with E-state index in [4.69, 9.17) is 17.0 Å². The molecule has 1 heterocycles. The molecule has 0 atom stereocenters. The third kappa shape index (κ3) is 2.95. The Morgan fingerprint density at radius 3 is 3.18 bits per heavy atom. The predicted octanol–water partition coefficient (Wildman–Crippen LogP) is 2.65. The number of hydrogen-bond acceptors (Lipinski definition) is 4. The van der Waals surface area contributed by atoms with E-state index in [1.54, 1.807) is 0 Å². The molecule has 0 bridgehead atoms. The third-order valence-electron chi connectivity index (χ3n) is 1.09. The summed E-state index contributed by atoms with van der Waals surface area (Å²) in [6.45, 7) is 2.07. The lowest BCUT2D eigenvalue weighted by atomic mass is 10.4. The van der Waals surface area contributed by atoms with Crippen molar-refractivity contribution in [2.45, 2.75) is 19.8 Å². The predicted molar refractivity (Wildman–Crippen MR) is 50.2 cm³/mol. The molecule has 1 aromatic heterocycles. The summed E-state index contributed by atoms with van der Waals surface area (Å²) in [5.41, 5.74) is 0. The fourth-order valence-electron chi connectivity index (χ4n) is 0.626. The highest BCUT2D eigenvalue weighted by Crippen LogP contribution is 2.10. The largest absolute Gasteiger partial charge is 0.431 e. The molecule has 0 aliphatic carbocycles. The summed E-state index contributed by atoms with van der Waals surface area (Å²) < 4.78 is 9.20. The monoisotopic (exact) mass is 187 g/mol. The van der Waals surface area contributed by atoms with Gasteiger partial charge in [-0.05, 0) is 30.2 Å². The van der Waals surface area contributed by atoms with Gasteiger partial charge in [-0.15, -0.1) is 0 Å². The maximum absolute atomic E-state index is 5.23. The van der Waals surface area contributed by atoms with Gasteiger partial charge in [0.2, 0.25) is 5.88 Å². The second-order valence-corrected chi connectivity index (χ2v) is 3.18. The van der Waals surface area contributed by atoms with E-state index in [1.807, 2.05) is 11.4 Å². The highest BCUT2D eigenvalue weighted by molar-refractivity contribution is 7.80. The fraction of sp³-hybridized carbons (Fsp3) is 0.429. The van der Waals surface area contributed by atoms with Crippen LogP contribution in [0.1, 0.15) is 19.8 Å². The Bertz CT molecular complexity index is 220. The van der Waals surface area contributed by atoms with Gasteiger partial charge in [0.15, 0.2) is 5.05 Å². The van der Waals surface area contributed by atoms with E-state index in [0.29, 0.717) is 10.9 Å². The molecule has 0 amide bonds. The van der Waals surface area contributed by atoms with Gasteiger partial charge in [-0.2, -0.15) is 4.37 Å². The van der Waals surface area contributed by atoms with Crippen LogP contribution in [0.5, 0.6) is 5.88 Å². The molecule has 1 aromatic rings. The molecule has 1 rings (SSSR count). The van der Waals surface area contributed by atoms with Crippen LogP contribution in [0.3, 0.4) is 0 Å². The lowest BCUT2D eigenvalue weighted by Crippen LogP contribution is -2.03. The number of nitrogens with zero attached hydrogens (tertiary/aromatic N) is 1. The van der Waals surface area contributed by atoms with E-state index in [2.05, 4.69) is 11.3 Å². The summed E-state index contributed by atoms with van der Waals surface area (Å²) in [6, 6.07) is 1.81. The van der Waals surface area contributed by atoms with Crippen LogP contribution in [-0.2, 0) is 0 Å². The van der Waals surface area contributed by atoms with Crippen molar-refractivity contribution in [1.29, 1.82) is 0 Å². The summed E-state index contributed by atoms with van der Waals surface area (Å²) in [7, 11) is 0. The summed E-state index contributed by atoms with van der Waals surface area (Å²) in [5.74, 6) is 0.619. The lowest BCUT2D eigenvalue weighted by molar-refractivity contribution is 0.530. The normalized spacial score (nSPS) is 9.55. The van der Waals surface area contributed by atoms with Crippen LogP contribution in [0.4, 0.5) is 0 Å². The molecule has 0 aromatic carbocycles. The first-order valence-electron chi connectivity index (χ1n) is 3.44. The molecule has 2 nitrogen and oxygen atoms in total. The van der Waals surface area contributed by atoms with Gasteiger partial charge >= 0.3 is 0 Å². The van der Waals surface area contributed by atoms with Crippen molar-refractivity contribution >= 4 is 28.8 Å². The zero-order valence-electron chi connectivity index (χ0n) is 6.24. The number of hydrogen-bond donors (Lipinski definition) is 0. The van der Waals surface area contributed by atoms with E-state index in [1.165, 1.54) is 11.5 Å². The first-order chi connectivity index (χ1) is 5.33. The van der Waals surface area contributed by atoms with E-state index in [-0.39, 0.29) is 0 Å². The van der Waals surface area contributed by atoms with Crippen LogP contribution in [0.2, 0.25) is 0 Å². The minimum absolute atomic E-state index is 0.619. The van der Waals surface area contributed by atoms with Gasteiger partial charge < -0.3 is 4.74 Å². The number of rotatable bonds is 3. The van der Waals surface area contributed by atoms with Crippen molar-refractivity contribution in [3.05, 3.63) is 11.4 Å². The Hall–Kier alpha value is -0.480. The second-order valence-electron chi connectivity index (χ2n) is 2.06. The maximum atomic E-state index is 5.23. The van der Waals surface area contributed by atoms with Crippen molar-refractivity contribution in [3.8, 4) is 5.88 Å². The molecule has 0 spiro atoms. The smallest absolute Gasteiger partial charge is 0.231 e. The first kappa shape index (κ1) is 8.62. The summed E-state index contributed by atoms with van der Waals surface area (Å²) in [6.07, 6.45) is 1.84. The van der Waals surface area contributed by atoms with E-state index in [9.17, 15) is 0 Å². The standard InChI is InChI=1S/C7H9NOS2/c1-2-3-7(10)9-6-4-5-11-8-6/h4-5H,2-3H2,1H3. The van der Waals surface area contributed by atoms with E-state index < -0.39 is 0 Å². The van der Waals surface area contributed by atoms with Gasteiger partial charge in [0.1, 0.15) is 0 Å². The molecule has 0 saturated carbocycles. The minimum atomic E-state index is 0.619. The molecule has 4 heteroatoms. The van der Waals surface area contributed by atoms with Gasteiger partial charge in [-0.25, -0.2) is 0 Å². The average Bonchev–Trinajstić information content (AvgIpc) is 2.40. The highest BCUT2D eigenvalue weighted by Gasteiger charge is 1.99. The minimum Gasteiger partial charge on any atom is -0.431 e. The van der Waals surface area contributed by atoms with Gasteiger partial charge in [-0.3, -0.25) is 0 Å². The molecular weight excluding hydrogens is 178 g/mol. The van der Waals surface area contributed by atoms with Gasteiger partial charge in [0.25, 0.3) is 0 Å². The van der Waals surface area contributed by atoms with Crippen LogP contribution in [-0.4, -0.2) is 9.42 Å². The Labute approximate surface area is 75.4 Å². The van der Waals surface area contributed by atoms with Gasteiger partial charge in [-0.1, -0.05) is 6.92 Å². The van der Waals surface area contributed by atoms with Gasteiger partial charge in [0.05, 0.1) is 0 Å². The first-order valence-corrected chi connectivity index (χ1v) is 4.68. The van der Waals surface area contributed by atoms with Crippen LogP contribution < -0.4 is 4.74 Å². The molecule has 0 N–H and O–H groups in total. The van der Waals surface area contributed by atoms with Crippen LogP contribution in [0, 0.1) is 0 Å². The quantitative estimate of drug-likeness (QED) is 0.679. The lowest BCUT2D eigenvalue weighted by Gasteiger charge is -2.00. The van der Waals surface area contributed by atoms with E-state index in [0.717, 1.165) is 12.8 Å². The summed E-state index contributed by atoms with van der Waals surface area (Å²) in [5, 5.41) is 2.49. The molecular formula is C7H9NOS2. The van der Waals surface area contributed by atoms with Crippen LogP contribution in [0.25, 0.3) is 0 Å². The van der Waals surface area contributed by atoms with Gasteiger partial charge in [0, 0.05) is 17.9 Å². The third-order valence-corrected chi connectivity index (χ3v) is 1.92. The maximum Gasteiger partial charge on any atom is 0.231 e. The second kappa shape index (κ2) is 4.41. The molecule has 0 aliphatic rings. The van der Waals surface area contributed by atoms with Crippen molar-refractivity contribution in [3.63, 3.8) is 0 Å². The molecule has 0 fully saturated rings. The Kier molecular flexibility index (Phi) is 3.45. The SMILES string of the molecule is CCCC(=S)Oc1ccsn1. The summed E-state index contributed by atoms with van der Waals surface area (Å²) in [4.78, 5) is 0. The fourth-order valence-corrected chi connectivity index (χ4v) is 1.36. The zero-order chi connectivity index (χ0) is 8.10. The van der Waals surface area contributed by atoms with Crippen molar-refractivity contribution in [2.75, 3.05) is 0 Å². The average molecular weight is 187 g/mol. The number of ether oxygens (including phenoxy) is 1. The zero-order valence-corrected chi connectivity index (χ0v) is 7.87. The Morgan fingerprint density at radius 2 is 2.64 bits per heavy atom. The van der Waals surface area contributed by atoms with Crippen LogP contribution in [0.15, 0.2) is 11.4 Å².